The molecule has 1 saturated heterocycles. The van der Waals surface area contributed by atoms with Gasteiger partial charge in [0.2, 0.25) is 11.8 Å². The number of nitrogens with one attached hydrogen (secondary N) is 1. The average Bonchev–Trinajstić information content (AvgIpc) is 2.95. The topological polar surface area (TPSA) is 145 Å². The smallest absolute Gasteiger partial charge is 0.356 e. The fraction of sp³-hybridized carbons (Fsp3) is 0.588. The number of hydrogen-bond acceptors (Lipinski definition) is 7. The van der Waals surface area contributed by atoms with Crippen molar-refractivity contribution in [2.75, 3.05) is 25.4 Å². The van der Waals surface area contributed by atoms with E-state index in [1.807, 2.05) is 0 Å². The van der Waals surface area contributed by atoms with Gasteiger partial charge in [0.1, 0.15) is 18.8 Å². The second-order valence-electron chi connectivity index (χ2n) is 6.64. The summed E-state index contributed by atoms with van der Waals surface area (Å²) in [4.78, 5) is 41.0. The van der Waals surface area contributed by atoms with Gasteiger partial charge in [-0.1, -0.05) is 11.7 Å². The molecule has 2 aliphatic heterocycles. The number of amides is 2. The minimum atomic E-state index is -0.800. The van der Waals surface area contributed by atoms with Gasteiger partial charge in [0, 0.05) is 28.5 Å². The number of rotatable bonds is 10. The molecule has 0 spiro atoms. The fourth-order valence-electron chi connectivity index (χ4n) is 3.12. The molecule has 28 heavy (non-hydrogen) atoms. The van der Waals surface area contributed by atoms with E-state index in [2.05, 4.69) is 21.9 Å². The van der Waals surface area contributed by atoms with Crippen LogP contribution in [-0.4, -0.2) is 65.4 Å². The van der Waals surface area contributed by atoms with Gasteiger partial charge in [-0.25, -0.2) is 4.79 Å². The number of aliphatic hydroxyl groups is 1. The van der Waals surface area contributed by atoms with Gasteiger partial charge in [-0.15, -0.1) is 11.8 Å². The molecule has 0 aromatic heterocycles. The lowest BCUT2D eigenvalue weighted by Gasteiger charge is -2.44. The number of ether oxygens (including phenoxy) is 1. The molecular weight excluding hydrogens is 386 g/mol. The molecule has 11 heteroatoms. The molecule has 152 valence electrons. The number of azide groups is 1. The minimum absolute atomic E-state index is 0.0578. The molecule has 3 atom stereocenters. The number of β-lactam (4-membered cyclic amide) rings is 1. The van der Waals surface area contributed by atoms with Gasteiger partial charge in [0.25, 0.3) is 0 Å². The number of fused-ring (bicyclic) bond motifs is 1. The summed E-state index contributed by atoms with van der Waals surface area (Å²) in [6, 6.07) is -0.262. The lowest BCUT2D eigenvalue weighted by molar-refractivity contribution is -0.162. The highest BCUT2D eigenvalue weighted by Crippen LogP contribution is 2.47. The highest BCUT2D eigenvalue weighted by molar-refractivity contribution is 8.03. The Morgan fingerprint density at radius 3 is 2.89 bits per heavy atom. The molecule has 0 aliphatic carbocycles. The third-order valence-corrected chi connectivity index (χ3v) is 5.43. The second kappa shape index (κ2) is 9.63. The van der Waals surface area contributed by atoms with Crippen LogP contribution in [0, 0.1) is 5.92 Å². The van der Waals surface area contributed by atoms with Crippen molar-refractivity contribution < 1.29 is 24.2 Å². The first-order chi connectivity index (χ1) is 13.3. The first-order valence-corrected chi connectivity index (χ1v) is 9.72. The standard InChI is InChI=1S/C17H23N5O5S/c1-9(2)8-27-17(26)15-12(28-5-4-19-13(24)7-20-21-18)6-11-14(10(3)23)16(25)22(11)15/h10-11,14,23H,1,4-8H2,2-3H3,(H,19,24)/t10-,11-,14-/m1/s1. The van der Waals surface area contributed by atoms with E-state index in [4.69, 9.17) is 10.3 Å². The van der Waals surface area contributed by atoms with Crippen molar-refractivity contribution in [1.29, 1.82) is 0 Å². The van der Waals surface area contributed by atoms with Crippen LogP contribution < -0.4 is 5.32 Å². The summed E-state index contributed by atoms with van der Waals surface area (Å²) < 4.78 is 5.22. The van der Waals surface area contributed by atoms with Crippen LogP contribution in [0.4, 0.5) is 0 Å². The van der Waals surface area contributed by atoms with Crippen molar-refractivity contribution >= 4 is 29.5 Å². The molecule has 2 amide bonds. The summed E-state index contributed by atoms with van der Waals surface area (Å²) in [6.45, 7) is 7.06. The molecular formula is C17H23N5O5S. The molecule has 0 aromatic rings. The third kappa shape index (κ3) is 4.86. The minimum Gasteiger partial charge on any atom is -0.456 e. The van der Waals surface area contributed by atoms with Crippen LogP contribution in [0.15, 0.2) is 27.9 Å². The predicted octanol–water partition coefficient (Wildman–Crippen LogP) is 1.09. The molecule has 2 rings (SSSR count). The van der Waals surface area contributed by atoms with Crippen LogP contribution in [0.25, 0.3) is 10.4 Å². The van der Waals surface area contributed by atoms with Gasteiger partial charge in [-0.2, -0.15) is 0 Å². The molecule has 2 aliphatic rings. The highest BCUT2D eigenvalue weighted by atomic mass is 32.2. The van der Waals surface area contributed by atoms with Gasteiger partial charge in [-0.3, -0.25) is 9.59 Å². The molecule has 0 saturated carbocycles. The average molecular weight is 409 g/mol. The number of carbonyl (C=O) groups excluding carboxylic acids is 3. The van der Waals surface area contributed by atoms with E-state index in [9.17, 15) is 19.5 Å². The zero-order valence-corrected chi connectivity index (χ0v) is 16.6. The second-order valence-corrected chi connectivity index (χ2v) is 7.83. The SMILES string of the molecule is C=C(C)COC(=O)C1=C(SCCNC(=O)CN=[N+]=[N-])C[C@@H]2[C@@H]([C@@H](C)O)C(=O)N12. The van der Waals surface area contributed by atoms with E-state index in [0.717, 1.165) is 0 Å². The van der Waals surface area contributed by atoms with Gasteiger partial charge in [0.05, 0.1) is 18.1 Å². The van der Waals surface area contributed by atoms with Crippen molar-refractivity contribution in [3.05, 3.63) is 33.2 Å². The first kappa shape index (κ1) is 21.8. The van der Waals surface area contributed by atoms with E-state index in [-0.39, 0.29) is 30.8 Å². The van der Waals surface area contributed by atoms with Gasteiger partial charge < -0.3 is 20.1 Å². The number of esters is 1. The fourth-order valence-corrected chi connectivity index (χ4v) is 4.18. The van der Waals surface area contributed by atoms with Crippen molar-refractivity contribution in [3.8, 4) is 0 Å². The van der Waals surface area contributed by atoms with Gasteiger partial charge >= 0.3 is 5.97 Å². The number of thioether (sulfide) groups is 1. The Hall–Kier alpha value is -2.49. The Kier molecular flexibility index (Phi) is 7.50. The summed E-state index contributed by atoms with van der Waals surface area (Å²) in [6.07, 6.45) is -0.346. The van der Waals surface area contributed by atoms with Gasteiger partial charge in [0.15, 0.2) is 0 Å². The normalized spacial score (nSPS) is 21.4. The number of nitrogens with zero attached hydrogens (tertiary/aromatic N) is 4. The van der Waals surface area contributed by atoms with E-state index < -0.39 is 23.9 Å². The summed E-state index contributed by atoms with van der Waals surface area (Å²) in [5.41, 5.74) is 9.08. The van der Waals surface area contributed by atoms with E-state index in [1.165, 1.54) is 16.7 Å². The van der Waals surface area contributed by atoms with Crippen LogP contribution in [0.3, 0.4) is 0 Å². The molecule has 2 heterocycles. The zero-order valence-electron chi connectivity index (χ0n) is 15.8. The Morgan fingerprint density at radius 2 is 2.29 bits per heavy atom. The largest absolute Gasteiger partial charge is 0.456 e. The lowest BCUT2D eigenvalue weighted by Crippen LogP contribution is -2.61. The quantitative estimate of drug-likeness (QED) is 0.105. The Morgan fingerprint density at radius 1 is 1.57 bits per heavy atom. The summed E-state index contributed by atoms with van der Waals surface area (Å²) in [7, 11) is 0. The van der Waals surface area contributed by atoms with Crippen LogP contribution >= 0.6 is 11.8 Å². The molecule has 1 fully saturated rings. The number of hydrogen-bond donors (Lipinski definition) is 2. The van der Waals surface area contributed by atoms with E-state index in [1.54, 1.807) is 13.8 Å². The molecule has 0 radical (unpaired) electrons. The van der Waals surface area contributed by atoms with Gasteiger partial charge in [-0.05, 0) is 25.0 Å². The van der Waals surface area contributed by atoms with Crippen molar-refractivity contribution in [3.63, 3.8) is 0 Å². The zero-order chi connectivity index (χ0) is 20.8. The monoisotopic (exact) mass is 409 g/mol. The maximum Gasteiger partial charge on any atom is 0.356 e. The van der Waals surface area contributed by atoms with Crippen molar-refractivity contribution in [2.45, 2.75) is 32.4 Å². The highest BCUT2D eigenvalue weighted by Gasteiger charge is 2.56. The molecule has 0 bridgehead atoms. The predicted molar refractivity (Wildman–Crippen MR) is 103 cm³/mol. The Bertz CT molecular complexity index is 759. The molecule has 2 N–H and O–H groups in total. The molecule has 0 unspecified atom stereocenters. The first-order valence-electron chi connectivity index (χ1n) is 8.74. The summed E-state index contributed by atoms with van der Waals surface area (Å²) in [5, 5.41) is 15.6. The van der Waals surface area contributed by atoms with Crippen LogP contribution in [0.1, 0.15) is 20.3 Å². The molecule has 10 nitrogen and oxygen atoms in total. The van der Waals surface area contributed by atoms with Crippen molar-refractivity contribution in [1.82, 2.24) is 10.2 Å². The molecule has 0 aromatic carbocycles. The third-order valence-electron chi connectivity index (χ3n) is 4.31. The maximum atomic E-state index is 12.5. The number of carbonyl (C=O) groups is 3. The van der Waals surface area contributed by atoms with Crippen molar-refractivity contribution in [2.24, 2.45) is 11.0 Å². The summed E-state index contributed by atoms with van der Waals surface area (Å²) >= 11 is 1.35. The van der Waals surface area contributed by atoms with Crippen LogP contribution in [0.5, 0.6) is 0 Å². The maximum absolute atomic E-state index is 12.5. The Labute approximate surface area is 166 Å². The Balaban J connectivity index is 2.03. The lowest BCUT2D eigenvalue weighted by atomic mass is 9.83. The van der Waals surface area contributed by atoms with E-state index >= 15 is 0 Å². The number of aliphatic hydroxyl groups excluding tert-OH is 1. The summed E-state index contributed by atoms with van der Waals surface area (Å²) in [5.74, 6) is -1.36. The van der Waals surface area contributed by atoms with Crippen LogP contribution in [-0.2, 0) is 19.1 Å². The van der Waals surface area contributed by atoms with E-state index in [0.29, 0.717) is 29.2 Å². The van der Waals surface area contributed by atoms with Crippen LogP contribution in [0.2, 0.25) is 0 Å².